The Balaban J connectivity index is 1.11. The summed E-state index contributed by atoms with van der Waals surface area (Å²) in [4.78, 5) is 2.41. The first kappa shape index (κ1) is 34.1. The van der Waals surface area contributed by atoms with E-state index in [1.165, 1.54) is 65.3 Å². The van der Waals surface area contributed by atoms with Gasteiger partial charge in [-0.3, -0.25) is 0 Å². The van der Waals surface area contributed by atoms with E-state index in [1.807, 2.05) is 0 Å². The predicted molar refractivity (Wildman–Crippen MR) is 255 cm³/mol. The van der Waals surface area contributed by atoms with Gasteiger partial charge in [-0.05, 0) is 126 Å². The Bertz CT molecular complexity index is 3550. The molecule has 280 valence electrons. The van der Waals surface area contributed by atoms with Gasteiger partial charge in [-0.25, -0.2) is 0 Å². The van der Waals surface area contributed by atoms with Crippen molar-refractivity contribution in [3.05, 3.63) is 224 Å². The lowest BCUT2D eigenvalue weighted by Gasteiger charge is -2.29. The van der Waals surface area contributed by atoms with E-state index in [0.717, 1.165) is 50.1 Å². The average Bonchev–Trinajstić information content (AvgIpc) is 3.71. The van der Waals surface area contributed by atoms with Gasteiger partial charge in [0.05, 0.1) is 5.69 Å². The minimum absolute atomic E-state index is 0.865. The summed E-state index contributed by atoms with van der Waals surface area (Å²) < 4.78 is 6.62. The lowest BCUT2D eigenvalue weighted by Crippen LogP contribution is -2.11. The van der Waals surface area contributed by atoms with Crippen molar-refractivity contribution in [1.29, 1.82) is 0 Å². The number of rotatable bonds is 6. The predicted octanol–water partition coefficient (Wildman–Crippen LogP) is 16.7. The molecule has 11 aromatic carbocycles. The van der Waals surface area contributed by atoms with E-state index in [4.69, 9.17) is 4.42 Å². The fourth-order valence-electron chi connectivity index (χ4n) is 9.38. The fourth-order valence-corrected chi connectivity index (χ4v) is 9.38. The highest BCUT2D eigenvalue weighted by molar-refractivity contribution is 6.26. The zero-order valence-corrected chi connectivity index (χ0v) is 32.7. The molecule has 0 aliphatic rings. The van der Waals surface area contributed by atoms with E-state index in [0.29, 0.717) is 0 Å². The van der Waals surface area contributed by atoms with Crippen molar-refractivity contribution in [3.8, 4) is 33.4 Å². The molecular weight excluding hydrogens is 727 g/mol. The van der Waals surface area contributed by atoms with Gasteiger partial charge in [-0.2, -0.15) is 0 Å². The Morgan fingerprint density at radius 3 is 1.47 bits per heavy atom. The topological polar surface area (TPSA) is 16.4 Å². The largest absolute Gasteiger partial charge is 0.456 e. The number of furan rings is 1. The van der Waals surface area contributed by atoms with Crippen LogP contribution in [0.1, 0.15) is 0 Å². The highest BCUT2D eigenvalue weighted by atomic mass is 16.3. The van der Waals surface area contributed by atoms with E-state index < -0.39 is 0 Å². The van der Waals surface area contributed by atoms with Crippen molar-refractivity contribution in [2.45, 2.75) is 0 Å². The van der Waals surface area contributed by atoms with Gasteiger partial charge in [0.1, 0.15) is 11.2 Å². The molecule has 0 spiro atoms. The van der Waals surface area contributed by atoms with Gasteiger partial charge in [0.2, 0.25) is 0 Å². The third-order valence-electron chi connectivity index (χ3n) is 12.2. The van der Waals surface area contributed by atoms with Crippen molar-refractivity contribution < 1.29 is 4.42 Å². The van der Waals surface area contributed by atoms with Crippen LogP contribution >= 0.6 is 0 Å². The smallest absolute Gasteiger partial charge is 0.136 e. The second kappa shape index (κ2) is 13.9. The molecule has 2 nitrogen and oxygen atoms in total. The van der Waals surface area contributed by atoms with Crippen LogP contribution in [0.2, 0.25) is 0 Å². The van der Waals surface area contributed by atoms with Crippen molar-refractivity contribution in [1.82, 2.24) is 0 Å². The van der Waals surface area contributed by atoms with Gasteiger partial charge in [0, 0.05) is 27.7 Å². The van der Waals surface area contributed by atoms with Crippen molar-refractivity contribution in [2.75, 3.05) is 4.90 Å². The molecular formula is C58H37NO. The van der Waals surface area contributed by atoms with Crippen LogP contribution in [0.4, 0.5) is 17.1 Å². The molecule has 0 saturated heterocycles. The number of hydrogen-bond acceptors (Lipinski definition) is 2. The Labute approximate surface area is 347 Å². The molecule has 1 aromatic heterocycles. The lowest BCUT2D eigenvalue weighted by atomic mass is 9.90. The van der Waals surface area contributed by atoms with Gasteiger partial charge in [-0.15, -0.1) is 0 Å². The number of hydrogen-bond donors (Lipinski definition) is 0. The maximum absolute atomic E-state index is 6.62. The molecule has 12 aromatic rings. The van der Waals surface area contributed by atoms with E-state index in [2.05, 4.69) is 229 Å². The quantitative estimate of drug-likeness (QED) is 0.157. The van der Waals surface area contributed by atoms with Crippen LogP contribution in [0, 0.1) is 0 Å². The summed E-state index contributed by atoms with van der Waals surface area (Å²) in [5.74, 6) is 0. The van der Waals surface area contributed by atoms with Crippen LogP contribution in [0.3, 0.4) is 0 Å². The average molecular weight is 764 g/mol. The third-order valence-corrected chi connectivity index (χ3v) is 12.2. The third kappa shape index (κ3) is 5.57. The SMILES string of the molecule is c1ccc(-c2ccc(N(c3ccc(-c4ccc5ccccc5c4)cc3)c3ccc4oc5ccccc5c4c3-c3ccc4c5ccccc5c5ccccc5c4c3)cc2)cc1. The molecule has 0 atom stereocenters. The number of fused-ring (bicyclic) bond motifs is 10. The fraction of sp³-hybridized carbons (Fsp3) is 0. The normalized spacial score (nSPS) is 11.7. The van der Waals surface area contributed by atoms with Crippen molar-refractivity contribution >= 4 is 82.1 Å². The molecule has 0 fully saturated rings. The number of benzene rings is 11. The van der Waals surface area contributed by atoms with Crippen molar-refractivity contribution in [2.24, 2.45) is 0 Å². The second-order valence-corrected chi connectivity index (χ2v) is 15.6. The van der Waals surface area contributed by atoms with E-state index in [-0.39, 0.29) is 0 Å². The molecule has 0 amide bonds. The molecule has 0 bridgehead atoms. The summed E-state index contributed by atoms with van der Waals surface area (Å²) in [6.45, 7) is 0. The molecule has 0 N–H and O–H groups in total. The Morgan fingerprint density at radius 2 is 0.783 bits per heavy atom. The summed E-state index contributed by atoms with van der Waals surface area (Å²) in [7, 11) is 0. The first-order valence-electron chi connectivity index (χ1n) is 20.6. The zero-order valence-electron chi connectivity index (χ0n) is 32.7. The first-order valence-corrected chi connectivity index (χ1v) is 20.6. The molecule has 60 heavy (non-hydrogen) atoms. The van der Waals surface area contributed by atoms with Crippen LogP contribution in [-0.4, -0.2) is 0 Å². The number of para-hydroxylation sites is 1. The summed E-state index contributed by atoms with van der Waals surface area (Å²) in [6.07, 6.45) is 0. The second-order valence-electron chi connectivity index (χ2n) is 15.6. The van der Waals surface area contributed by atoms with Crippen LogP contribution in [-0.2, 0) is 0 Å². The summed E-state index contributed by atoms with van der Waals surface area (Å²) in [5, 5.41) is 12.2. The number of nitrogens with zero attached hydrogens (tertiary/aromatic N) is 1. The lowest BCUT2D eigenvalue weighted by molar-refractivity contribution is 0.669. The minimum atomic E-state index is 0.865. The van der Waals surface area contributed by atoms with Gasteiger partial charge >= 0.3 is 0 Å². The monoisotopic (exact) mass is 763 g/mol. The molecule has 0 aliphatic heterocycles. The summed E-state index contributed by atoms with van der Waals surface area (Å²) in [6, 6.07) is 81.3. The molecule has 12 rings (SSSR count). The maximum Gasteiger partial charge on any atom is 0.136 e. The zero-order chi connectivity index (χ0) is 39.6. The molecule has 2 heteroatoms. The maximum atomic E-state index is 6.62. The molecule has 0 unspecified atom stereocenters. The molecule has 0 saturated carbocycles. The van der Waals surface area contributed by atoms with Crippen molar-refractivity contribution in [3.63, 3.8) is 0 Å². The Morgan fingerprint density at radius 1 is 0.283 bits per heavy atom. The Hall–Kier alpha value is -7.94. The Kier molecular flexibility index (Phi) is 7.89. The van der Waals surface area contributed by atoms with Gasteiger partial charge in [0.15, 0.2) is 0 Å². The standard InChI is InChI=1S/C58H37NO/c1-2-12-38(13-3-1)40-24-29-45(30-25-40)59(46-31-26-41(27-32-46)43-23-22-39-14-4-5-15-42(39)36-43)54-34-35-56-58(52-20-10-11-21-55(52)60-56)57(54)44-28-33-51-49-18-7-6-16-47(49)48-17-8-9-19-50(48)53(51)37-44/h1-37H. The van der Waals surface area contributed by atoms with Crippen LogP contribution in [0.5, 0.6) is 0 Å². The van der Waals surface area contributed by atoms with Crippen LogP contribution in [0.15, 0.2) is 229 Å². The van der Waals surface area contributed by atoms with Gasteiger partial charge in [-0.1, -0.05) is 170 Å². The van der Waals surface area contributed by atoms with Gasteiger partial charge in [0.25, 0.3) is 0 Å². The summed E-state index contributed by atoms with van der Waals surface area (Å²) >= 11 is 0. The summed E-state index contributed by atoms with van der Waals surface area (Å²) in [5.41, 5.74) is 12.0. The first-order chi connectivity index (χ1) is 29.7. The van der Waals surface area contributed by atoms with Crippen LogP contribution < -0.4 is 4.90 Å². The van der Waals surface area contributed by atoms with E-state index >= 15 is 0 Å². The van der Waals surface area contributed by atoms with E-state index in [9.17, 15) is 0 Å². The minimum Gasteiger partial charge on any atom is -0.456 e. The highest BCUT2D eigenvalue weighted by Crippen LogP contribution is 2.49. The molecule has 1 heterocycles. The highest BCUT2D eigenvalue weighted by Gasteiger charge is 2.24. The van der Waals surface area contributed by atoms with Gasteiger partial charge < -0.3 is 9.32 Å². The molecule has 0 radical (unpaired) electrons. The van der Waals surface area contributed by atoms with E-state index in [1.54, 1.807) is 0 Å². The number of anilines is 3. The van der Waals surface area contributed by atoms with Crippen LogP contribution in [0.25, 0.3) is 98.4 Å². The molecule has 0 aliphatic carbocycles.